The number of piperidine rings is 1. The van der Waals surface area contributed by atoms with E-state index in [1.165, 1.54) is 11.1 Å². The van der Waals surface area contributed by atoms with Gasteiger partial charge in [0, 0.05) is 52.4 Å². The van der Waals surface area contributed by atoms with Crippen LogP contribution in [0.15, 0.2) is 91.0 Å². The van der Waals surface area contributed by atoms with Crippen LogP contribution in [0.2, 0.25) is 0 Å². The van der Waals surface area contributed by atoms with Gasteiger partial charge in [-0.3, -0.25) is 9.80 Å². The molecule has 0 aromatic heterocycles. The van der Waals surface area contributed by atoms with Gasteiger partial charge in [-0.2, -0.15) is 0 Å². The second-order valence-electron chi connectivity index (χ2n) is 10.4. The lowest BCUT2D eigenvalue weighted by Crippen LogP contribution is -2.51. The number of hydrogen-bond donors (Lipinski definition) is 2. The fourth-order valence-corrected chi connectivity index (χ4v) is 5.89. The van der Waals surface area contributed by atoms with Crippen LogP contribution < -0.4 is 0 Å². The fourth-order valence-electron chi connectivity index (χ4n) is 5.89. The Morgan fingerprint density at radius 2 is 1.06 bits per heavy atom. The van der Waals surface area contributed by atoms with Crippen LogP contribution in [0, 0.1) is 0 Å². The molecule has 1 unspecified atom stereocenters. The molecule has 5 heteroatoms. The highest BCUT2D eigenvalue weighted by Crippen LogP contribution is 2.33. The lowest BCUT2D eigenvalue weighted by molar-refractivity contribution is -0.0376. The second-order valence-corrected chi connectivity index (χ2v) is 10.4. The van der Waals surface area contributed by atoms with Gasteiger partial charge in [-0.25, -0.2) is 0 Å². The highest BCUT2D eigenvalue weighted by molar-refractivity contribution is 5.32. The molecule has 1 atom stereocenters. The van der Waals surface area contributed by atoms with E-state index in [9.17, 15) is 10.2 Å². The topological polar surface area (TPSA) is 50.2 Å². The zero-order valence-corrected chi connectivity index (χ0v) is 21.1. The number of rotatable bonds is 8. The van der Waals surface area contributed by atoms with Crippen LogP contribution in [0.25, 0.3) is 0 Å². The third kappa shape index (κ3) is 6.05. The third-order valence-corrected chi connectivity index (χ3v) is 7.93. The molecule has 5 nitrogen and oxygen atoms in total. The Labute approximate surface area is 215 Å². The molecule has 2 fully saturated rings. The summed E-state index contributed by atoms with van der Waals surface area (Å²) in [7, 11) is 0. The number of hydrogen-bond acceptors (Lipinski definition) is 5. The van der Waals surface area contributed by atoms with E-state index in [2.05, 4.69) is 75.4 Å². The average Bonchev–Trinajstić information content (AvgIpc) is 2.93. The molecule has 3 aromatic carbocycles. The highest BCUT2D eigenvalue weighted by Gasteiger charge is 2.34. The molecule has 190 valence electrons. The number of piperazine rings is 1. The molecule has 0 aliphatic carbocycles. The van der Waals surface area contributed by atoms with Crippen molar-refractivity contribution in [1.29, 1.82) is 0 Å². The van der Waals surface area contributed by atoms with Crippen molar-refractivity contribution in [2.24, 2.45) is 0 Å². The van der Waals surface area contributed by atoms with E-state index in [-0.39, 0.29) is 12.1 Å². The Balaban J connectivity index is 1.11. The fraction of sp³-hybridized carbons (Fsp3) is 0.419. The normalized spacial score (nSPS) is 20.4. The van der Waals surface area contributed by atoms with Gasteiger partial charge in [0.05, 0.1) is 17.7 Å². The third-order valence-electron chi connectivity index (χ3n) is 7.93. The summed E-state index contributed by atoms with van der Waals surface area (Å²) in [6.07, 6.45) is 1.05. The minimum atomic E-state index is -0.743. The van der Waals surface area contributed by atoms with Gasteiger partial charge in [0.1, 0.15) is 0 Å². The van der Waals surface area contributed by atoms with Gasteiger partial charge in [0.25, 0.3) is 0 Å². The van der Waals surface area contributed by atoms with Gasteiger partial charge in [-0.05, 0) is 29.5 Å². The molecule has 0 bridgehead atoms. The monoisotopic (exact) mass is 485 g/mol. The molecule has 2 N–H and O–H groups in total. The predicted molar refractivity (Wildman–Crippen MR) is 145 cm³/mol. The summed E-state index contributed by atoms with van der Waals surface area (Å²) in [6.45, 7) is 6.88. The first-order valence-electron chi connectivity index (χ1n) is 13.4. The molecule has 2 aliphatic rings. The summed E-state index contributed by atoms with van der Waals surface area (Å²) in [5, 5.41) is 22.0. The largest absolute Gasteiger partial charge is 0.390 e. The predicted octanol–water partition coefficient (Wildman–Crippen LogP) is 3.74. The van der Waals surface area contributed by atoms with Crippen LogP contribution >= 0.6 is 0 Å². The average molecular weight is 486 g/mol. The van der Waals surface area contributed by atoms with E-state index in [0.29, 0.717) is 25.9 Å². The molecule has 5 rings (SSSR count). The summed E-state index contributed by atoms with van der Waals surface area (Å²) in [5.41, 5.74) is 2.93. The molecule has 2 saturated heterocycles. The molecule has 0 radical (unpaired) electrons. The second kappa shape index (κ2) is 11.7. The Hall–Kier alpha value is -2.54. The Morgan fingerprint density at radius 3 is 1.56 bits per heavy atom. The van der Waals surface area contributed by atoms with Crippen molar-refractivity contribution in [1.82, 2.24) is 14.7 Å². The minimum Gasteiger partial charge on any atom is -0.390 e. The molecule has 2 heterocycles. The van der Waals surface area contributed by atoms with Gasteiger partial charge in [-0.1, -0.05) is 91.0 Å². The van der Waals surface area contributed by atoms with Crippen molar-refractivity contribution in [3.8, 4) is 0 Å². The number of β-amino-alcohol motifs (C(OH)–C–C–N with tert-alkyl or cyclic N) is 1. The van der Waals surface area contributed by atoms with E-state index in [0.717, 1.165) is 44.8 Å². The van der Waals surface area contributed by atoms with Crippen LogP contribution in [-0.2, 0) is 5.60 Å². The van der Waals surface area contributed by atoms with Crippen LogP contribution in [0.4, 0.5) is 0 Å². The number of nitrogens with zero attached hydrogens (tertiary/aromatic N) is 3. The molecule has 0 spiro atoms. The van der Waals surface area contributed by atoms with Crippen LogP contribution in [0.3, 0.4) is 0 Å². The van der Waals surface area contributed by atoms with Crippen molar-refractivity contribution < 1.29 is 10.2 Å². The standard InChI is InChI=1S/C31H39N3O2/c35-29(24-32-18-16-31(36,17-19-32)28-14-8-3-9-15-28)25-33-20-22-34(23-21-33)30(26-10-4-1-5-11-26)27-12-6-2-7-13-27/h1-15,29-30,35-36H,16-25H2. The lowest BCUT2D eigenvalue weighted by atomic mass is 9.84. The first-order valence-corrected chi connectivity index (χ1v) is 13.4. The molecule has 36 heavy (non-hydrogen) atoms. The maximum atomic E-state index is 11.1. The summed E-state index contributed by atoms with van der Waals surface area (Å²) < 4.78 is 0. The van der Waals surface area contributed by atoms with Crippen molar-refractivity contribution in [3.63, 3.8) is 0 Å². The van der Waals surface area contributed by atoms with E-state index in [1.54, 1.807) is 0 Å². The van der Waals surface area contributed by atoms with Crippen LogP contribution in [-0.4, -0.2) is 83.4 Å². The van der Waals surface area contributed by atoms with Gasteiger partial charge < -0.3 is 15.1 Å². The van der Waals surface area contributed by atoms with E-state index in [1.807, 2.05) is 30.3 Å². The number of aliphatic hydroxyl groups is 2. The molecular weight excluding hydrogens is 446 g/mol. The summed E-state index contributed by atoms with van der Waals surface area (Å²) >= 11 is 0. The maximum absolute atomic E-state index is 11.1. The lowest BCUT2D eigenvalue weighted by Gasteiger charge is -2.41. The quantitative estimate of drug-likeness (QED) is 0.509. The smallest absolute Gasteiger partial charge is 0.0920 e. The van der Waals surface area contributed by atoms with Crippen LogP contribution in [0.5, 0.6) is 0 Å². The Morgan fingerprint density at radius 1 is 0.611 bits per heavy atom. The van der Waals surface area contributed by atoms with Gasteiger partial charge >= 0.3 is 0 Å². The highest BCUT2D eigenvalue weighted by atomic mass is 16.3. The Bertz CT molecular complexity index is 1010. The minimum absolute atomic E-state index is 0.260. The van der Waals surface area contributed by atoms with Gasteiger partial charge in [0.2, 0.25) is 0 Å². The summed E-state index contributed by atoms with van der Waals surface area (Å²) in [5.74, 6) is 0. The summed E-state index contributed by atoms with van der Waals surface area (Å²) in [4.78, 5) is 7.28. The molecule has 2 aliphatic heterocycles. The number of aliphatic hydroxyl groups excluding tert-OH is 1. The zero-order chi connectivity index (χ0) is 24.8. The molecule has 3 aromatic rings. The molecular formula is C31H39N3O2. The first-order chi connectivity index (χ1) is 17.6. The van der Waals surface area contributed by atoms with Gasteiger partial charge in [-0.15, -0.1) is 0 Å². The number of likely N-dealkylation sites (tertiary alicyclic amines) is 1. The van der Waals surface area contributed by atoms with E-state index >= 15 is 0 Å². The Kier molecular flexibility index (Phi) is 8.15. The molecule has 0 amide bonds. The molecule has 0 saturated carbocycles. The van der Waals surface area contributed by atoms with Gasteiger partial charge in [0.15, 0.2) is 0 Å². The SMILES string of the molecule is OC(CN1CCN(C(c2ccccc2)c2ccccc2)CC1)CN1CCC(O)(c2ccccc2)CC1. The van der Waals surface area contributed by atoms with Crippen molar-refractivity contribution in [2.45, 2.75) is 30.6 Å². The summed E-state index contributed by atoms with van der Waals surface area (Å²) in [6, 6.07) is 31.8. The number of benzene rings is 3. The van der Waals surface area contributed by atoms with Crippen LogP contribution in [0.1, 0.15) is 35.6 Å². The van der Waals surface area contributed by atoms with Crippen molar-refractivity contribution in [2.75, 3.05) is 52.4 Å². The maximum Gasteiger partial charge on any atom is 0.0920 e. The van der Waals surface area contributed by atoms with E-state index in [4.69, 9.17) is 0 Å². The van der Waals surface area contributed by atoms with Crippen molar-refractivity contribution in [3.05, 3.63) is 108 Å². The zero-order valence-electron chi connectivity index (χ0n) is 21.1. The van der Waals surface area contributed by atoms with E-state index < -0.39 is 5.60 Å². The first kappa shape index (κ1) is 25.1. The van der Waals surface area contributed by atoms with Crippen molar-refractivity contribution >= 4 is 0 Å².